The van der Waals surface area contributed by atoms with Crippen LogP contribution in [0.3, 0.4) is 0 Å². The van der Waals surface area contributed by atoms with Gasteiger partial charge < -0.3 is 31.1 Å². The summed E-state index contributed by atoms with van der Waals surface area (Å²) in [5.41, 5.74) is 5.36. The fraction of sp³-hybridized carbons (Fsp3) is 0.636. The molecular formula is C22H46N2ORb2S-2. The second kappa shape index (κ2) is 57.0. The molecule has 0 bridgehead atoms. The number of nitrogens with zero attached hydrogens (tertiary/aromatic N) is 2. The van der Waals surface area contributed by atoms with Gasteiger partial charge in [-0.15, -0.1) is 0 Å². The minimum absolute atomic E-state index is 0. The van der Waals surface area contributed by atoms with E-state index in [1.165, 1.54) is 22.3 Å². The smallest absolute Gasteiger partial charge is 0.870 e. The normalized spacial score (nSPS) is 6.93. The van der Waals surface area contributed by atoms with E-state index in [1.807, 2.05) is 67.5 Å². The topological polar surface area (TPSA) is 54.7 Å². The Balaban J connectivity index is -0.0000000224. The zero-order chi connectivity index (χ0) is 20.6. The van der Waals surface area contributed by atoms with Crippen molar-refractivity contribution in [3.05, 3.63) is 46.6 Å². The summed E-state index contributed by atoms with van der Waals surface area (Å²) in [4.78, 5) is 0. The predicted octanol–water partition coefficient (Wildman–Crippen LogP) is 1.76. The van der Waals surface area contributed by atoms with Crippen molar-refractivity contribution in [2.75, 3.05) is 14.1 Å². The Kier molecular flexibility index (Phi) is 117. The van der Waals surface area contributed by atoms with Gasteiger partial charge in [0.15, 0.2) is 0 Å². The molecule has 0 aromatic heterocycles. The monoisotopic (exact) mass is 556 g/mol. The molecule has 6 heteroatoms. The van der Waals surface area contributed by atoms with Crippen LogP contribution in [0, 0.1) is 12.2 Å². The number of hydrogen-bond donors (Lipinski definition) is 0. The van der Waals surface area contributed by atoms with Crippen LogP contribution in [-0.2, 0) is 13.5 Å². The summed E-state index contributed by atoms with van der Waals surface area (Å²) in [7, 11) is 3.28. The average molecular weight is 558 g/mol. The van der Waals surface area contributed by atoms with Gasteiger partial charge in [0.2, 0.25) is 0 Å². The summed E-state index contributed by atoms with van der Waals surface area (Å²) < 4.78 is 0. The van der Waals surface area contributed by atoms with E-state index < -0.39 is 0 Å². The molecule has 0 fully saturated rings. The Morgan fingerprint density at radius 1 is 0.607 bits per heavy atom. The van der Waals surface area contributed by atoms with Crippen LogP contribution in [0.25, 0.3) is 0 Å². The van der Waals surface area contributed by atoms with Gasteiger partial charge in [0.25, 0.3) is 0 Å². The second-order valence-electron chi connectivity index (χ2n) is 5.57. The molecule has 0 aliphatic rings. The molecule has 160 valence electrons. The van der Waals surface area contributed by atoms with Crippen molar-refractivity contribution in [2.24, 2.45) is 10.2 Å². The number of hydrogen-bond acceptors (Lipinski definition) is 4. The van der Waals surface area contributed by atoms with Crippen LogP contribution >= 0.6 is 0 Å². The molecule has 0 amide bonds. The molecule has 0 spiro atoms. The Bertz CT molecular complexity index is 330. The Morgan fingerprint density at radius 3 is 0.750 bits per heavy atom. The first-order valence-corrected chi connectivity index (χ1v) is 8.33. The summed E-state index contributed by atoms with van der Waals surface area (Å²) in [6.07, 6.45) is 9.89. The number of azo groups is 1. The van der Waals surface area contributed by atoms with Crippen molar-refractivity contribution in [3.63, 3.8) is 0 Å². The maximum atomic E-state index is 3.36. The van der Waals surface area contributed by atoms with Crippen LogP contribution in [0.15, 0.2) is 44.7 Å². The minimum atomic E-state index is 0. The van der Waals surface area contributed by atoms with E-state index in [0.717, 1.165) is 0 Å². The fourth-order valence-electron chi connectivity index (χ4n) is 0. The van der Waals surface area contributed by atoms with Crippen molar-refractivity contribution >= 4 is 13.5 Å². The summed E-state index contributed by atoms with van der Waals surface area (Å²) in [5.74, 6) is 0. The molecule has 0 saturated carbocycles. The third-order valence-electron chi connectivity index (χ3n) is 2.53. The van der Waals surface area contributed by atoms with Gasteiger partial charge in [-0.05, 0) is 41.5 Å². The van der Waals surface area contributed by atoms with Crippen molar-refractivity contribution in [1.82, 2.24) is 0 Å². The van der Waals surface area contributed by atoms with Gasteiger partial charge in [-0.1, -0.05) is 51.0 Å². The number of allylic oxidation sites excluding steroid dienone is 8. The Hall–Kier alpha value is 2.48. The van der Waals surface area contributed by atoms with Crippen LogP contribution in [-0.4, -0.2) is 19.6 Å². The van der Waals surface area contributed by atoms with Crippen LogP contribution in [0.1, 0.15) is 83.1 Å². The van der Waals surface area contributed by atoms with E-state index in [1.54, 1.807) is 14.1 Å². The Morgan fingerprint density at radius 2 is 0.750 bits per heavy atom. The summed E-state index contributed by atoms with van der Waals surface area (Å²) >= 11 is 0. The van der Waals surface area contributed by atoms with Crippen molar-refractivity contribution in [1.29, 1.82) is 0 Å². The van der Waals surface area contributed by atoms with Crippen molar-refractivity contribution < 1.29 is 122 Å². The van der Waals surface area contributed by atoms with Gasteiger partial charge in [0.1, 0.15) is 0 Å². The molecule has 3 nitrogen and oxygen atoms in total. The van der Waals surface area contributed by atoms with Crippen LogP contribution in [0.4, 0.5) is 0 Å². The van der Waals surface area contributed by atoms with Gasteiger partial charge in [-0.3, -0.25) is 11.1 Å². The second-order valence-corrected chi connectivity index (χ2v) is 5.57. The first kappa shape index (κ1) is 57.4. The third-order valence-corrected chi connectivity index (χ3v) is 2.53. The van der Waals surface area contributed by atoms with Crippen LogP contribution in [0.5, 0.6) is 0 Å². The van der Waals surface area contributed by atoms with Gasteiger partial charge >= 0.3 is 116 Å². The zero-order valence-electron chi connectivity index (χ0n) is 21.9. The minimum Gasteiger partial charge on any atom is -0.870 e. The number of thiol groups is 1. The van der Waals surface area contributed by atoms with Gasteiger partial charge in [0, 0.05) is 14.1 Å². The molecule has 0 rings (SSSR count). The largest absolute Gasteiger partial charge is 1.00 e. The van der Waals surface area contributed by atoms with Crippen LogP contribution < -0.4 is 116 Å². The summed E-state index contributed by atoms with van der Waals surface area (Å²) in [5, 5.41) is 6.72. The van der Waals surface area contributed by atoms with Crippen molar-refractivity contribution in [3.8, 4) is 0 Å². The summed E-state index contributed by atoms with van der Waals surface area (Å²) in [6.45, 7) is 24.4. The van der Waals surface area contributed by atoms with E-state index in [2.05, 4.69) is 50.1 Å². The first-order valence-electron chi connectivity index (χ1n) is 8.33. The standard InChI is InChI=1S/C6H12.2C5H9.C4H8.C2H6N2.H2O.2Rb.H2S/c1-5(2)6(3)4;2*1-4-5(2)3;2*1-3-4-2;;;;/h1-4H3;2*1-3H3;3-4H,1-2H3;1-2H3;1H2;;;1H2/q;2*-1;;;;2*+1;/p-2/b;;;4-3+;;;;;. The van der Waals surface area contributed by atoms with E-state index in [0.29, 0.717) is 0 Å². The molecule has 0 radical (unpaired) electrons. The quantitative estimate of drug-likeness (QED) is 0.150. The molecule has 0 atom stereocenters. The van der Waals surface area contributed by atoms with E-state index in [9.17, 15) is 0 Å². The summed E-state index contributed by atoms with van der Waals surface area (Å²) in [6, 6.07) is 0. The molecule has 1 N–H and O–H groups in total. The average Bonchev–Trinajstić information content (AvgIpc) is 2.56. The van der Waals surface area contributed by atoms with E-state index >= 15 is 0 Å². The van der Waals surface area contributed by atoms with Gasteiger partial charge in [-0.2, -0.15) is 24.1 Å². The van der Waals surface area contributed by atoms with E-state index in [4.69, 9.17) is 0 Å². The molecular weight excluding hydrogens is 511 g/mol. The third kappa shape index (κ3) is 138. The number of rotatable bonds is 0. The van der Waals surface area contributed by atoms with E-state index in [-0.39, 0.29) is 135 Å². The molecule has 0 saturated heterocycles. The fourth-order valence-corrected chi connectivity index (χ4v) is 0. The molecule has 0 aliphatic heterocycles. The molecule has 0 aromatic rings. The Labute approximate surface area is 283 Å². The zero-order valence-corrected chi connectivity index (χ0v) is 32.7. The molecule has 0 aromatic carbocycles. The molecule has 0 unspecified atom stereocenters. The molecule has 28 heavy (non-hydrogen) atoms. The van der Waals surface area contributed by atoms with Gasteiger partial charge in [0.05, 0.1) is 0 Å². The maximum Gasteiger partial charge on any atom is 1.00 e. The van der Waals surface area contributed by atoms with Gasteiger partial charge in [-0.25, -0.2) is 0 Å². The predicted molar refractivity (Wildman–Crippen MR) is 125 cm³/mol. The first-order chi connectivity index (χ1) is 11.0. The maximum absolute atomic E-state index is 3.36. The SMILES string of the molecule is C/C=C/C.CC(C)=C(C)C.CN=NC.C[C-]=C(C)C.C[C-]=C(C)C.[OH-].[Rb+].[Rb+].[SH-]. The molecule has 0 aliphatic carbocycles. The molecule has 0 heterocycles. The van der Waals surface area contributed by atoms with Crippen LogP contribution in [0.2, 0.25) is 0 Å². The van der Waals surface area contributed by atoms with Crippen molar-refractivity contribution in [2.45, 2.75) is 83.1 Å².